The number of nitrogens with two attached hydrogens (primary N) is 1. The molecule has 1 aliphatic rings. The first kappa shape index (κ1) is 15.0. The number of hydrogen-bond donors (Lipinski definition) is 1. The molecule has 20 heavy (non-hydrogen) atoms. The second-order valence-corrected chi connectivity index (χ2v) is 5.81. The molecule has 108 valence electrons. The van der Waals surface area contributed by atoms with Crippen LogP contribution in [-0.2, 0) is 4.79 Å². The van der Waals surface area contributed by atoms with Crippen LogP contribution in [0.4, 0.5) is 0 Å². The minimum absolute atomic E-state index is 0.0402. The first-order valence-corrected chi connectivity index (χ1v) is 7.41. The monoisotopic (exact) mass is 339 g/mol. The average molecular weight is 340 g/mol. The highest BCUT2D eigenvalue weighted by molar-refractivity contribution is 9.10. The van der Waals surface area contributed by atoms with Gasteiger partial charge in [-0.2, -0.15) is 0 Å². The fourth-order valence-corrected chi connectivity index (χ4v) is 2.59. The lowest BCUT2D eigenvalue weighted by Crippen LogP contribution is -2.38. The molecule has 0 bridgehead atoms. The van der Waals surface area contributed by atoms with E-state index < -0.39 is 0 Å². The van der Waals surface area contributed by atoms with Gasteiger partial charge < -0.3 is 10.6 Å². The molecular formula is C14H18BrN3O2. The average Bonchev–Trinajstić information content (AvgIpc) is 2.64. The lowest BCUT2D eigenvalue weighted by molar-refractivity contribution is -0.119. The number of amides is 2. The minimum Gasteiger partial charge on any atom is -0.369 e. The maximum atomic E-state index is 12.4. The van der Waals surface area contributed by atoms with Gasteiger partial charge in [-0.15, -0.1) is 0 Å². The van der Waals surface area contributed by atoms with E-state index in [0.29, 0.717) is 25.2 Å². The second kappa shape index (κ2) is 6.85. The fourth-order valence-electron chi connectivity index (χ4n) is 2.33. The van der Waals surface area contributed by atoms with Crippen molar-refractivity contribution in [2.24, 2.45) is 5.73 Å². The summed E-state index contributed by atoms with van der Waals surface area (Å²) in [4.78, 5) is 27.2. The normalized spacial score (nSPS) is 16.8. The molecule has 2 rings (SSSR count). The SMILES string of the molecule is NC(=O)CN1CCCN(C(=O)c2ccc(Br)cc2)CC1. The van der Waals surface area contributed by atoms with Crippen molar-refractivity contribution in [2.45, 2.75) is 6.42 Å². The van der Waals surface area contributed by atoms with Gasteiger partial charge in [0.1, 0.15) is 0 Å². The number of halogens is 1. The quantitative estimate of drug-likeness (QED) is 0.896. The van der Waals surface area contributed by atoms with Crippen molar-refractivity contribution in [3.05, 3.63) is 34.3 Å². The molecule has 6 heteroatoms. The third kappa shape index (κ3) is 4.05. The van der Waals surface area contributed by atoms with Gasteiger partial charge in [0.15, 0.2) is 0 Å². The van der Waals surface area contributed by atoms with E-state index in [1.54, 1.807) is 0 Å². The maximum absolute atomic E-state index is 12.4. The molecule has 1 fully saturated rings. The molecule has 1 aromatic carbocycles. The van der Waals surface area contributed by atoms with E-state index in [1.165, 1.54) is 0 Å². The molecule has 1 heterocycles. The van der Waals surface area contributed by atoms with Crippen molar-refractivity contribution < 1.29 is 9.59 Å². The van der Waals surface area contributed by atoms with Crippen molar-refractivity contribution in [1.29, 1.82) is 0 Å². The van der Waals surface area contributed by atoms with E-state index >= 15 is 0 Å². The highest BCUT2D eigenvalue weighted by Crippen LogP contribution is 2.13. The minimum atomic E-state index is -0.322. The summed E-state index contributed by atoms with van der Waals surface area (Å²) < 4.78 is 0.956. The van der Waals surface area contributed by atoms with E-state index in [4.69, 9.17) is 5.73 Å². The van der Waals surface area contributed by atoms with Crippen molar-refractivity contribution in [1.82, 2.24) is 9.80 Å². The molecule has 0 unspecified atom stereocenters. The van der Waals surface area contributed by atoms with Crippen LogP contribution < -0.4 is 5.73 Å². The maximum Gasteiger partial charge on any atom is 0.253 e. The molecule has 1 aromatic rings. The van der Waals surface area contributed by atoms with Crippen molar-refractivity contribution in [2.75, 3.05) is 32.7 Å². The third-order valence-electron chi connectivity index (χ3n) is 3.35. The highest BCUT2D eigenvalue weighted by Gasteiger charge is 2.20. The van der Waals surface area contributed by atoms with Crippen LogP contribution in [0.1, 0.15) is 16.8 Å². The van der Waals surface area contributed by atoms with E-state index in [2.05, 4.69) is 15.9 Å². The molecule has 0 aromatic heterocycles. The number of hydrogen-bond acceptors (Lipinski definition) is 3. The number of primary amides is 1. The zero-order chi connectivity index (χ0) is 14.5. The first-order chi connectivity index (χ1) is 9.56. The summed E-state index contributed by atoms with van der Waals surface area (Å²) >= 11 is 3.36. The van der Waals surface area contributed by atoms with Crippen LogP contribution in [0.2, 0.25) is 0 Å². The summed E-state index contributed by atoms with van der Waals surface area (Å²) in [5.41, 5.74) is 5.90. The number of carbonyl (C=O) groups is 2. The Morgan fingerprint density at radius 3 is 2.45 bits per heavy atom. The Hall–Kier alpha value is -1.40. The number of rotatable bonds is 3. The number of benzene rings is 1. The van der Waals surface area contributed by atoms with Crippen LogP contribution in [0.3, 0.4) is 0 Å². The zero-order valence-corrected chi connectivity index (χ0v) is 12.8. The van der Waals surface area contributed by atoms with E-state index in [0.717, 1.165) is 17.4 Å². The molecule has 5 nitrogen and oxygen atoms in total. The van der Waals surface area contributed by atoms with Crippen LogP contribution in [0.15, 0.2) is 28.7 Å². The molecule has 0 saturated carbocycles. The lowest BCUT2D eigenvalue weighted by atomic mass is 10.2. The fraction of sp³-hybridized carbons (Fsp3) is 0.429. The molecule has 0 spiro atoms. The van der Waals surface area contributed by atoms with Crippen molar-refractivity contribution in [3.8, 4) is 0 Å². The van der Waals surface area contributed by atoms with Crippen molar-refractivity contribution in [3.63, 3.8) is 0 Å². The molecular weight excluding hydrogens is 322 g/mol. The largest absolute Gasteiger partial charge is 0.369 e. The molecule has 2 N–H and O–H groups in total. The van der Waals surface area contributed by atoms with Gasteiger partial charge in [0, 0.05) is 36.2 Å². The Kier molecular flexibility index (Phi) is 5.14. The molecule has 2 amide bonds. The van der Waals surface area contributed by atoms with Crippen LogP contribution >= 0.6 is 15.9 Å². The molecule has 0 atom stereocenters. The number of nitrogens with zero attached hydrogens (tertiary/aromatic N) is 2. The number of carbonyl (C=O) groups excluding carboxylic acids is 2. The van der Waals surface area contributed by atoms with Crippen molar-refractivity contribution >= 4 is 27.7 Å². The smallest absolute Gasteiger partial charge is 0.253 e. The predicted molar refractivity (Wildman–Crippen MR) is 80.3 cm³/mol. The summed E-state index contributed by atoms with van der Waals surface area (Å²) in [5.74, 6) is -0.281. The Morgan fingerprint density at radius 2 is 1.80 bits per heavy atom. The lowest BCUT2D eigenvalue weighted by Gasteiger charge is -2.21. The van der Waals surface area contributed by atoms with Crippen LogP contribution in [-0.4, -0.2) is 54.3 Å². The summed E-state index contributed by atoms with van der Waals surface area (Å²) in [7, 11) is 0. The Balaban J connectivity index is 1.97. The van der Waals surface area contributed by atoms with Crippen LogP contribution in [0, 0.1) is 0 Å². The molecule has 0 aliphatic carbocycles. The van der Waals surface area contributed by atoms with Gasteiger partial charge in [-0.05, 0) is 30.7 Å². The molecule has 1 aliphatic heterocycles. The van der Waals surface area contributed by atoms with E-state index in [9.17, 15) is 9.59 Å². The summed E-state index contributed by atoms with van der Waals surface area (Å²) in [6.07, 6.45) is 0.857. The van der Waals surface area contributed by atoms with Gasteiger partial charge in [-0.3, -0.25) is 14.5 Å². The van der Waals surface area contributed by atoms with E-state index in [-0.39, 0.29) is 18.4 Å². The Morgan fingerprint density at radius 1 is 1.10 bits per heavy atom. The van der Waals surface area contributed by atoms with Gasteiger partial charge in [0.05, 0.1) is 6.54 Å². The van der Waals surface area contributed by atoms with Gasteiger partial charge in [0.2, 0.25) is 5.91 Å². The Labute approximate surface area is 126 Å². The van der Waals surface area contributed by atoms with Gasteiger partial charge in [-0.1, -0.05) is 15.9 Å². The molecule has 1 saturated heterocycles. The van der Waals surface area contributed by atoms with Gasteiger partial charge >= 0.3 is 0 Å². The predicted octanol–water partition coefficient (Wildman–Crippen LogP) is 1.08. The second-order valence-electron chi connectivity index (χ2n) is 4.90. The first-order valence-electron chi connectivity index (χ1n) is 6.62. The summed E-state index contributed by atoms with van der Waals surface area (Å²) in [6.45, 7) is 3.09. The third-order valence-corrected chi connectivity index (χ3v) is 3.88. The summed E-state index contributed by atoms with van der Waals surface area (Å²) in [5, 5.41) is 0. The molecule has 0 radical (unpaired) electrons. The van der Waals surface area contributed by atoms with Gasteiger partial charge in [0.25, 0.3) is 5.91 Å². The topological polar surface area (TPSA) is 66.6 Å². The standard InChI is InChI=1S/C14H18BrN3O2/c15-12-4-2-11(3-5-12)14(20)18-7-1-6-17(8-9-18)10-13(16)19/h2-5H,1,6-10H2,(H2,16,19). The Bertz CT molecular complexity index is 490. The van der Waals surface area contributed by atoms with E-state index in [1.807, 2.05) is 34.1 Å². The van der Waals surface area contributed by atoms with Gasteiger partial charge in [-0.25, -0.2) is 0 Å². The van der Waals surface area contributed by atoms with Crippen LogP contribution in [0.5, 0.6) is 0 Å². The highest BCUT2D eigenvalue weighted by atomic mass is 79.9. The van der Waals surface area contributed by atoms with Crippen LogP contribution in [0.25, 0.3) is 0 Å². The summed E-state index contributed by atoms with van der Waals surface area (Å²) in [6, 6.07) is 7.37. The zero-order valence-electron chi connectivity index (χ0n) is 11.2.